The zero-order valence-electron chi connectivity index (χ0n) is 18.8. The van der Waals surface area contributed by atoms with Gasteiger partial charge in [0, 0.05) is 38.6 Å². The molecule has 2 atom stereocenters. The third kappa shape index (κ3) is 5.23. The van der Waals surface area contributed by atoms with Crippen molar-refractivity contribution < 1.29 is 26.7 Å². The van der Waals surface area contributed by atoms with Gasteiger partial charge in [0.2, 0.25) is 5.95 Å². The molecule has 1 N–H and O–H groups in total. The lowest BCUT2D eigenvalue weighted by Gasteiger charge is -2.43. The largest absolute Gasteiger partial charge is 0.419 e. The van der Waals surface area contributed by atoms with Gasteiger partial charge < -0.3 is 10.2 Å². The van der Waals surface area contributed by atoms with Crippen LogP contribution in [0.3, 0.4) is 0 Å². The van der Waals surface area contributed by atoms with E-state index >= 15 is 0 Å². The molecule has 0 bridgehead atoms. The summed E-state index contributed by atoms with van der Waals surface area (Å²) >= 11 is 0. The molecule has 1 unspecified atom stereocenters. The van der Waals surface area contributed by atoms with Crippen LogP contribution in [0.1, 0.15) is 29.3 Å². The van der Waals surface area contributed by atoms with Crippen molar-refractivity contribution in [1.29, 1.82) is 0 Å². The van der Waals surface area contributed by atoms with Gasteiger partial charge in [-0.15, -0.1) is 0 Å². The Bertz CT molecular complexity index is 1180. The van der Waals surface area contributed by atoms with E-state index in [1.807, 2.05) is 0 Å². The fourth-order valence-electron chi connectivity index (χ4n) is 4.20. The highest BCUT2D eigenvalue weighted by Crippen LogP contribution is 2.36. The van der Waals surface area contributed by atoms with Crippen molar-refractivity contribution in [2.75, 3.05) is 18.4 Å². The molecule has 8 nitrogen and oxygen atoms in total. The van der Waals surface area contributed by atoms with Crippen LogP contribution >= 0.6 is 0 Å². The molecule has 1 aliphatic rings. The zero-order chi connectivity index (χ0) is 25.4. The van der Waals surface area contributed by atoms with Gasteiger partial charge in [0.15, 0.2) is 0 Å². The number of aryl methyl sites for hydroxylation is 1. The second kappa shape index (κ2) is 9.19. The van der Waals surface area contributed by atoms with Gasteiger partial charge in [-0.1, -0.05) is 13.0 Å². The number of piperidine rings is 1. The Labute approximate surface area is 197 Å². The SMILES string of the molecule is C[C@@H]1CC(F)(F)CN(C(=O)c2cnn(C)c2-c2ccccn2)C1CNc1ncc(C(F)(F)F)cn1. The summed E-state index contributed by atoms with van der Waals surface area (Å²) in [6.07, 6.45) is -0.911. The van der Waals surface area contributed by atoms with E-state index < -0.39 is 48.5 Å². The monoisotopic (exact) mass is 495 g/mol. The third-order valence-electron chi connectivity index (χ3n) is 5.87. The number of nitrogens with one attached hydrogen (secondary N) is 1. The summed E-state index contributed by atoms with van der Waals surface area (Å²) in [7, 11) is 1.62. The number of likely N-dealkylation sites (tertiary alicyclic amines) is 1. The van der Waals surface area contributed by atoms with Crippen LogP contribution in [0.4, 0.5) is 27.9 Å². The van der Waals surface area contributed by atoms with Crippen LogP contribution in [0, 0.1) is 5.92 Å². The highest BCUT2D eigenvalue weighted by Gasteiger charge is 2.46. The van der Waals surface area contributed by atoms with Crippen molar-refractivity contribution in [3.05, 3.63) is 54.1 Å². The number of halogens is 5. The Hall–Kier alpha value is -3.64. The smallest absolute Gasteiger partial charge is 0.352 e. The maximum atomic E-state index is 14.5. The van der Waals surface area contributed by atoms with E-state index in [0.29, 0.717) is 23.8 Å². The van der Waals surface area contributed by atoms with Crippen LogP contribution < -0.4 is 5.32 Å². The normalized spacial score (nSPS) is 20.0. The van der Waals surface area contributed by atoms with E-state index in [0.717, 1.165) is 4.90 Å². The van der Waals surface area contributed by atoms with E-state index in [1.54, 1.807) is 38.4 Å². The molecule has 13 heteroatoms. The van der Waals surface area contributed by atoms with Gasteiger partial charge in [-0.2, -0.15) is 18.3 Å². The summed E-state index contributed by atoms with van der Waals surface area (Å²) in [5, 5.41) is 6.90. The average molecular weight is 495 g/mol. The van der Waals surface area contributed by atoms with Crippen molar-refractivity contribution in [3.8, 4) is 11.4 Å². The van der Waals surface area contributed by atoms with Crippen molar-refractivity contribution >= 4 is 11.9 Å². The minimum atomic E-state index is -4.58. The number of hydrogen-bond donors (Lipinski definition) is 1. The number of aromatic nitrogens is 5. The summed E-state index contributed by atoms with van der Waals surface area (Å²) < 4.78 is 68.8. The molecule has 35 heavy (non-hydrogen) atoms. The summed E-state index contributed by atoms with van der Waals surface area (Å²) in [6, 6.07) is 4.42. The van der Waals surface area contributed by atoms with Crippen LogP contribution in [-0.2, 0) is 13.2 Å². The Morgan fingerprint density at radius 2 is 1.89 bits per heavy atom. The second-order valence-corrected chi connectivity index (χ2v) is 8.46. The summed E-state index contributed by atoms with van der Waals surface area (Å²) in [5.74, 6) is -4.49. The van der Waals surface area contributed by atoms with Gasteiger partial charge in [0.25, 0.3) is 11.8 Å². The first-order valence-corrected chi connectivity index (χ1v) is 10.7. The minimum absolute atomic E-state index is 0.0342. The van der Waals surface area contributed by atoms with Gasteiger partial charge in [-0.3, -0.25) is 14.5 Å². The molecule has 0 radical (unpaired) electrons. The summed E-state index contributed by atoms with van der Waals surface area (Å²) in [4.78, 5) is 26.2. The van der Waals surface area contributed by atoms with Crippen molar-refractivity contribution in [3.63, 3.8) is 0 Å². The minimum Gasteiger partial charge on any atom is -0.352 e. The molecule has 1 fully saturated rings. The van der Waals surface area contributed by atoms with Crippen LogP contribution in [0.15, 0.2) is 43.0 Å². The van der Waals surface area contributed by atoms with Crippen LogP contribution in [0.25, 0.3) is 11.4 Å². The number of anilines is 1. The molecular weight excluding hydrogens is 473 g/mol. The van der Waals surface area contributed by atoms with Crippen molar-refractivity contribution in [2.24, 2.45) is 13.0 Å². The van der Waals surface area contributed by atoms with E-state index in [-0.39, 0.29) is 18.1 Å². The van der Waals surface area contributed by atoms with E-state index in [2.05, 4.69) is 25.4 Å². The predicted octanol–water partition coefficient (Wildman–Crippen LogP) is 3.89. The Morgan fingerprint density at radius 1 is 1.17 bits per heavy atom. The summed E-state index contributed by atoms with van der Waals surface area (Å²) in [6.45, 7) is 0.747. The summed E-state index contributed by atoms with van der Waals surface area (Å²) in [5.41, 5.74) is -0.0496. The lowest BCUT2D eigenvalue weighted by molar-refractivity contribution is -0.138. The first-order valence-electron chi connectivity index (χ1n) is 10.7. The van der Waals surface area contributed by atoms with Crippen LogP contribution in [0.2, 0.25) is 0 Å². The van der Waals surface area contributed by atoms with Gasteiger partial charge >= 0.3 is 6.18 Å². The molecule has 0 aliphatic carbocycles. The van der Waals surface area contributed by atoms with Gasteiger partial charge in [0.05, 0.1) is 41.3 Å². The predicted molar refractivity (Wildman–Crippen MR) is 116 cm³/mol. The van der Waals surface area contributed by atoms with Gasteiger partial charge in [0.1, 0.15) is 0 Å². The van der Waals surface area contributed by atoms with E-state index in [1.165, 1.54) is 10.9 Å². The molecule has 3 aromatic rings. The molecule has 3 aromatic heterocycles. The lowest BCUT2D eigenvalue weighted by Crippen LogP contribution is -2.57. The van der Waals surface area contributed by atoms with Gasteiger partial charge in [-0.25, -0.2) is 18.7 Å². The Morgan fingerprint density at radius 3 is 2.51 bits per heavy atom. The topological polar surface area (TPSA) is 88.8 Å². The lowest BCUT2D eigenvalue weighted by atomic mass is 9.88. The fourth-order valence-corrected chi connectivity index (χ4v) is 4.20. The molecule has 0 aromatic carbocycles. The highest BCUT2D eigenvalue weighted by atomic mass is 19.4. The molecule has 0 spiro atoms. The molecule has 1 amide bonds. The Kier molecular flexibility index (Phi) is 6.43. The first kappa shape index (κ1) is 24.5. The molecule has 0 saturated carbocycles. The standard InChI is InChI=1S/C22H22F5N7O/c1-13-7-21(23,24)12-34(17(13)11-31-20-29-8-14(9-30-20)22(25,26)27)19(35)15-10-32-33(2)18(15)16-5-3-4-6-28-16/h3-6,8-10,13,17H,7,11-12H2,1-2H3,(H,29,30,31)/t13-,17?/m1/s1. The number of alkyl halides is 5. The molecule has 1 aliphatic heterocycles. The maximum Gasteiger partial charge on any atom is 0.419 e. The van der Waals surface area contributed by atoms with Gasteiger partial charge in [-0.05, 0) is 18.1 Å². The third-order valence-corrected chi connectivity index (χ3v) is 5.87. The fraction of sp³-hybridized carbons (Fsp3) is 0.409. The highest BCUT2D eigenvalue weighted by molar-refractivity contribution is 5.99. The molecule has 1 saturated heterocycles. The van der Waals surface area contributed by atoms with E-state index in [9.17, 15) is 26.7 Å². The van der Waals surface area contributed by atoms with Crippen molar-refractivity contribution in [1.82, 2.24) is 29.6 Å². The van der Waals surface area contributed by atoms with Crippen LogP contribution in [-0.4, -0.2) is 60.6 Å². The molecule has 4 rings (SSSR count). The quantitative estimate of drug-likeness (QED) is 0.541. The number of hydrogen-bond acceptors (Lipinski definition) is 6. The number of carbonyl (C=O) groups is 1. The molecule has 186 valence electrons. The number of amides is 1. The number of pyridine rings is 1. The molecule has 4 heterocycles. The zero-order valence-corrected chi connectivity index (χ0v) is 18.8. The second-order valence-electron chi connectivity index (χ2n) is 8.46. The van der Waals surface area contributed by atoms with Crippen LogP contribution in [0.5, 0.6) is 0 Å². The maximum absolute atomic E-state index is 14.5. The number of rotatable bonds is 5. The Balaban J connectivity index is 1.60. The number of nitrogens with zero attached hydrogens (tertiary/aromatic N) is 6. The van der Waals surface area contributed by atoms with Crippen molar-refractivity contribution in [2.45, 2.75) is 31.5 Å². The first-order chi connectivity index (χ1) is 16.5. The van der Waals surface area contributed by atoms with E-state index in [4.69, 9.17) is 0 Å². The average Bonchev–Trinajstić information content (AvgIpc) is 3.18. The molecular formula is C22H22F5N7O. The number of carbonyl (C=O) groups excluding carboxylic acids is 1.